The standard InChI is InChI=1S/C30H49N3O6/c1-30(2)21-33(12-5-13-35-3)26-16-23(6-9-27(26)39-30)20-38-25-8-7-24(31-19-25)17-28(36-4)29(34)32-18-22-10-14-37-15-11-22/h6,9,16,22,24-25,28,31H,5,7-8,10-15,17-21H2,1-4H3,(H,32,34)/t24-,25+,28-/m0/s1. The van der Waals surface area contributed by atoms with Crippen LogP contribution in [-0.4, -0.2) is 90.0 Å². The molecule has 3 heterocycles. The molecule has 9 heteroatoms. The fourth-order valence-electron chi connectivity index (χ4n) is 5.79. The molecule has 0 aromatic heterocycles. The summed E-state index contributed by atoms with van der Waals surface area (Å²) in [5.74, 6) is 1.42. The number of nitrogens with zero attached hydrogens (tertiary/aromatic N) is 1. The zero-order chi connectivity index (χ0) is 27.7. The summed E-state index contributed by atoms with van der Waals surface area (Å²) < 4.78 is 28.8. The highest BCUT2D eigenvalue weighted by Gasteiger charge is 2.32. The predicted octanol–water partition coefficient (Wildman–Crippen LogP) is 3.29. The van der Waals surface area contributed by atoms with Crippen molar-refractivity contribution in [1.29, 1.82) is 0 Å². The normalized spacial score (nSPS) is 24.1. The molecule has 3 aliphatic heterocycles. The van der Waals surface area contributed by atoms with Gasteiger partial charge in [-0.3, -0.25) is 4.79 Å². The topological polar surface area (TPSA) is 90.5 Å². The van der Waals surface area contributed by atoms with Gasteiger partial charge in [-0.25, -0.2) is 0 Å². The average Bonchev–Trinajstić information content (AvgIpc) is 2.94. The monoisotopic (exact) mass is 547 g/mol. The van der Waals surface area contributed by atoms with Crippen molar-refractivity contribution in [3.8, 4) is 5.75 Å². The van der Waals surface area contributed by atoms with E-state index in [0.29, 0.717) is 25.5 Å². The van der Waals surface area contributed by atoms with Crippen molar-refractivity contribution in [1.82, 2.24) is 10.6 Å². The van der Waals surface area contributed by atoms with Gasteiger partial charge in [0.25, 0.3) is 0 Å². The van der Waals surface area contributed by atoms with Gasteiger partial charge in [0.2, 0.25) is 5.91 Å². The summed E-state index contributed by atoms with van der Waals surface area (Å²) >= 11 is 0. The van der Waals surface area contributed by atoms with Crippen molar-refractivity contribution in [2.75, 3.05) is 65.1 Å². The van der Waals surface area contributed by atoms with Crippen LogP contribution < -0.4 is 20.3 Å². The SMILES string of the molecule is COCCCN1CC(C)(C)Oc2ccc(CO[C@@H]3CC[C@@H](C[C@H](OC)C(=O)NCC4CCOCC4)NC3)cc21. The first-order chi connectivity index (χ1) is 18.9. The molecule has 9 nitrogen and oxygen atoms in total. The maximum absolute atomic E-state index is 12.7. The molecular formula is C30H49N3O6. The van der Waals surface area contributed by atoms with Crippen LogP contribution in [0.25, 0.3) is 0 Å². The minimum absolute atomic E-state index is 0.0137. The van der Waals surface area contributed by atoms with Gasteiger partial charge in [-0.15, -0.1) is 0 Å². The first kappa shape index (κ1) is 30.1. The van der Waals surface area contributed by atoms with Crippen LogP contribution in [0, 0.1) is 5.92 Å². The highest BCUT2D eigenvalue weighted by Crippen LogP contribution is 2.38. The Labute approximate surface area is 234 Å². The summed E-state index contributed by atoms with van der Waals surface area (Å²) in [7, 11) is 3.37. The Morgan fingerprint density at radius 1 is 1.21 bits per heavy atom. The second kappa shape index (κ2) is 14.6. The van der Waals surface area contributed by atoms with Crippen molar-refractivity contribution in [2.45, 2.75) is 82.8 Å². The van der Waals surface area contributed by atoms with Crippen LogP contribution in [0.15, 0.2) is 18.2 Å². The predicted molar refractivity (Wildman–Crippen MR) is 151 cm³/mol. The third kappa shape index (κ3) is 9.05. The molecule has 39 heavy (non-hydrogen) atoms. The number of hydrogen-bond acceptors (Lipinski definition) is 8. The van der Waals surface area contributed by atoms with E-state index in [9.17, 15) is 4.79 Å². The number of carbonyl (C=O) groups is 1. The smallest absolute Gasteiger partial charge is 0.249 e. The van der Waals surface area contributed by atoms with Gasteiger partial charge in [0, 0.05) is 59.7 Å². The lowest BCUT2D eigenvalue weighted by atomic mass is 9.96. The van der Waals surface area contributed by atoms with E-state index in [4.69, 9.17) is 23.7 Å². The van der Waals surface area contributed by atoms with E-state index in [1.807, 2.05) is 0 Å². The Balaban J connectivity index is 1.21. The van der Waals surface area contributed by atoms with Crippen LogP contribution >= 0.6 is 0 Å². The first-order valence-electron chi connectivity index (χ1n) is 14.7. The quantitative estimate of drug-likeness (QED) is 0.364. The van der Waals surface area contributed by atoms with Crippen LogP contribution in [-0.2, 0) is 30.3 Å². The van der Waals surface area contributed by atoms with Crippen LogP contribution in [0.3, 0.4) is 0 Å². The summed E-state index contributed by atoms with van der Waals surface area (Å²) in [6.07, 6.45) is 5.29. The van der Waals surface area contributed by atoms with Crippen LogP contribution in [0.5, 0.6) is 5.75 Å². The van der Waals surface area contributed by atoms with E-state index in [1.165, 1.54) is 0 Å². The van der Waals surface area contributed by atoms with Crippen molar-refractivity contribution in [3.05, 3.63) is 23.8 Å². The molecule has 0 radical (unpaired) electrons. The molecule has 2 fully saturated rings. The third-order valence-corrected chi connectivity index (χ3v) is 8.04. The number of ether oxygens (including phenoxy) is 5. The molecule has 1 aromatic carbocycles. The number of rotatable bonds is 13. The Morgan fingerprint density at radius 3 is 2.74 bits per heavy atom. The number of carbonyl (C=O) groups excluding carboxylic acids is 1. The molecule has 0 bridgehead atoms. The van der Waals surface area contributed by atoms with Gasteiger partial charge in [0.05, 0.1) is 24.9 Å². The second-order valence-corrected chi connectivity index (χ2v) is 11.8. The van der Waals surface area contributed by atoms with Gasteiger partial charge in [-0.05, 0) is 76.0 Å². The van der Waals surface area contributed by atoms with E-state index in [2.05, 4.69) is 47.6 Å². The number of benzene rings is 1. The molecule has 1 aromatic rings. The fourth-order valence-corrected chi connectivity index (χ4v) is 5.79. The van der Waals surface area contributed by atoms with Crippen molar-refractivity contribution >= 4 is 11.6 Å². The Morgan fingerprint density at radius 2 is 2.03 bits per heavy atom. The second-order valence-electron chi connectivity index (χ2n) is 11.8. The van der Waals surface area contributed by atoms with E-state index < -0.39 is 6.10 Å². The lowest BCUT2D eigenvalue weighted by molar-refractivity contribution is -0.132. The van der Waals surface area contributed by atoms with Crippen molar-refractivity contribution in [3.63, 3.8) is 0 Å². The minimum atomic E-state index is -0.436. The van der Waals surface area contributed by atoms with E-state index in [-0.39, 0.29) is 23.7 Å². The summed E-state index contributed by atoms with van der Waals surface area (Å²) in [5.41, 5.74) is 2.06. The highest BCUT2D eigenvalue weighted by atomic mass is 16.5. The molecular weight excluding hydrogens is 498 g/mol. The van der Waals surface area contributed by atoms with Gasteiger partial charge in [-0.2, -0.15) is 0 Å². The number of fused-ring (bicyclic) bond motifs is 1. The summed E-state index contributed by atoms with van der Waals surface area (Å²) in [5, 5.41) is 6.68. The molecule has 0 aliphatic carbocycles. The number of hydrogen-bond donors (Lipinski definition) is 2. The van der Waals surface area contributed by atoms with Gasteiger partial charge < -0.3 is 39.2 Å². The van der Waals surface area contributed by atoms with E-state index in [0.717, 1.165) is 88.6 Å². The van der Waals surface area contributed by atoms with E-state index in [1.54, 1.807) is 14.2 Å². The Kier molecular flexibility index (Phi) is 11.3. The minimum Gasteiger partial charge on any atom is -0.484 e. The summed E-state index contributed by atoms with van der Waals surface area (Å²) in [6, 6.07) is 6.63. The van der Waals surface area contributed by atoms with Crippen molar-refractivity contribution < 1.29 is 28.5 Å². The Bertz CT molecular complexity index is 899. The number of anilines is 1. The number of methoxy groups -OCH3 is 2. The summed E-state index contributed by atoms with van der Waals surface area (Å²) in [4.78, 5) is 15.1. The van der Waals surface area contributed by atoms with Gasteiger partial charge in [0.15, 0.2) is 0 Å². The summed E-state index contributed by atoms with van der Waals surface area (Å²) in [6.45, 7) is 10.4. The maximum Gasteiger partial charge on any atom is 0.249 e. The zero-order valence-electron chi connectivity index (χ0n) is 24.3. The van der Waals surface area contributed by atoms with Crippen LogP contribution in [0.2, 0.25) is 0 Å². The highest BCUT2D eigenvalue weighted by molar-refractivity contribution is 5.80. The van der Waals surface area contributed by atoms with Gasteiger partial charge in [-0.1, -0.05) is 6.07 Å². The largest absolute Gasteiger partial charge is 0.484 e. The van der Waals surface area contributed by atoms with Crippen molar-refractivity contribution in [2.24, 2.45) is 5.92 Å². The molecule has 2 saturated heterocycles. The first-order valence-corrected chi connectivity index (χ1v) is 14.7. The molecule has 2 N–H and O–H groups in total. The molecule has 3 atom stereocenters. The number of piperidine rings is 1. The molecule has 4 rings (SSSR count). The van der Waals surface area contributed by atoms with E-state index >= 15 is 0 Å². The molecule has 0 spiro atoms. The number of nitrogens with one attached hydrogen (secondary N) is 2. The lowest BCUT2D eigenvalue weighted by Crippen LogP contribution is -2.47. The molecule has 0 unspecified atom stereocenters. The zero-order valence-corrected chi connectivity index (χ0v) is 24.3. The Hall–Kier alpha value is -1.91. The van der Waals surface area contributed by atoms with Gasteiger partial charge in [0.1, 0.15) is 17.5 Å². The maximum atomic E-state index is 12.7. The molecule has 0 saturated carbocycles. The van der Waals surface area contributed by atoms with Gasteiger partial charge >= 0.3 is 0 Å². The molecule has 220 valence electrons. The average molecular weight is 548 g/mol. The lowest BCUT2D eigenvalue weighted by Gasteiger charge is -2.41. The molecule has 3 aliphatic rings. The number of amides is 1. The van der Waals surface area contributed by atoms with Crippen LogP contribution in [0.1, 0.15) is 57.9 Å². The van der Waals surface area contributed by atoms with Crippen LogP contribution in [0.4, 0.5) is 5.69 Å². The third-order valence-electron chi connectivity index (χ3n) is 8.04. The molecule has 1 amide bonds. The fraction of sp³-hybridized carbons (Fsp3) is 0.767.